The van der Waals surface area contributed by atoms with Crippen LogP contribution in [-0.2, 0) is 22.6 Å². The van der Waals surface area contributed by atoms with Crippen LogP contribution >= 0.6 is 0 Å². The minimum Gasteiger partial charge on any atom is -0.493 e. The van der Waals surface area contributed by atoms with Crippen LogP contribution in [0.1, 0.15) is 16.7 Å². The number of nitrogens with one attached hydrogen (secondary N) is 1. The second-order valence-electron chi connectivity index (χ2n) is 7.11. The Balaban J connectivity index is 1.61. The summed E-state index contributed by atoms with van der Waals surface area (Å²) in [5.41, 5.74) is 2.60. The molecule has 1 amide bonds. The molecular formula is C26H25NO5. The summed E-state index contributed by atoms with van der Waals surface area (Å²) < 4.78 is 11.2. The summed E-state index contributed by atoms with van der Waals surface area (Å²) in [4.78, 5) is 23.8. The first-order valence-electron chi connectivity index (χ1n) is 10.1. The first-order chi connectivity index (χ1) is 15.5. The average molecular weight is 431 g/mol. The summed E-state index contributed by atoms with van der Waals surface area (Å²) in [6, 6.07) is 23.3. The van der Waals surface area contributed by atoms with Gasteiger partial charge in [0, 0.05) is 12.5 Å². The smallest absolute Gasteiger partial charge is 0.326 e. The molecule has 3 rings (SSSR count). The number of aliphatic carboxylic acids is 1. The van der Waals surface area contributed by atoms with Crippen LogP contribution in [0.3, 0.4) is 0 Å². The zero-order valence-electron chi connectivity index (χ0n) is 17.7. The molecule has 0 bridgehead atoms. The van der Waals surface area contributed by atoms with Crippen molar-refractivity contribution in [3.05, 3.63) is 102 Å². The van der Waals surface area contributed by atoms with Crippen molar-refractivity contribution in [2.75, 3.05) is 7.11 Å². The molecule has 0 unspecified atom stereocenters. The number of ether oxygens (including phenoxy) is 2. The van der Waals surface area contributed by atoms with E-state index in [0.29, 0.717) is 18.1 Å². The summed E-state index contributed by atoms with van der Waals surface area (Å²) in [5, 5.41) is 12.0. The van der Waals surface area contributed by atoms with Crippen LogP contribution < -0.4 is 14.8 Å². The number of methoxy groups -OCH3 is 1. The molecule has 1 atom stereocenters. The molecule has 3 aromatic rings. The number of hydrogen-bond acceptors (Lipinski definition) is 4. The highest BCUT2D eigenvalue weighted by molar-refractivity contribution is 5.94. The van der Waals surface area contributed by atoms with Crippen molar-refractivity contribution in [3.63, 3.8) is 0 Å². The highest BCUT2D eigenvalue weighted by Crippen LogP contribution is 2.29. The average Bonchev–Trinajstić information content (AvgIpc) is 2.82. The molecule has 164 valence electrons. The maximum Gasteiger partial charge on any atom is 0.326 e. The van der Waals surface area contributed by atoms with Crippen molar-refractivity contribution in [2.45, 2.75) is 19.1 Å². The predicted molar refractivity (Wildman–Crippen MR) is 123 cm³/mol. The number of carbonyl (C=O) groups excluding carboxylic acids is 1. The van der Waals surface area contributed by atoms with Crippen molar-refractivity contribution in [1.82, 2.24) is 5.32 Å². The Hall–Kier alpha value is -4.06. The lowest BCUT2D eigenvalue weighted by Gasteiger charge is -2.13. The molecule has 0 saturated heterocycles. The molecule has 0 aliphatic carbocycles. The van der Waals surface area contributed by atoms with E-state index in [1.54, 1.807) is 31.4 Å². The highest BCUT2D eigenvalue weighted by Gasteiger charge is 2.19. The largest absolute Gasteiger partial charge is 0.493 e. The summed E-state index contributed by atoms with van der Waals surface area (Å²) in [5.74, 6) is -0.448. The van der Waals surface area contributed by atoms with Gasteiger partial charge in [-0.2, -0.15) is 0 Å². The summed E-state index contributed by atoms with van der Waals surface area (Å²) >= 11 is 0. The lowest BCUT2D eigenvalue weighted by Crippen LogP contribution is -2.41. The van der Waals surface area contributed by atoms with Crippen LogP contribution in [0.4, 0.5) is 0 Å². The second-order valence-corrected chi connectivity index (χ2v) is 7.11. The molecular weight excluding hydrogens is 406 g/mol. The van der Waals surface area contributed by atoms with Gasteiger partial charge in [0.25, 0.3) is 0 Å². The fourth-order valence-electron chi connectivity index (χ4n) is 3.08. The molecule has 0 saturated carbocycles. The Morgan fingerprint density at radius 3 is 2.22 bits per heavy atom. The van der Waals surface area contributed by atoms with Gasteiger partial charge in [0.05, 0.1) is 7.11 Å². The molecule has 0 radical (unpaired) electrons. The van der Waals surface area contributed by atoms with Gasteiger partial charge < -0.3 is 19.9 Å². The van der Waals surface area contributed by atoms with Crippen LogP contribution in [0, 0.1) is 0 Å². The monoisotopic (exact) mass is 431 g/mol. The van der Waals surface area contributed by atoms with E-state index in [1.807, 2.05) is 60.7 Å². The molecule has 2 N–H and O–H groups in total. The van der Waals surface area contributed by atoms with Crippen molar-refractivity contribution in [1.29, 1.82) is 0 Å². The number of carboxylic acid groups (broad SMARTS) is 1. The molecule has 0 aliphatic rings. The van der Waals surface area contributed by atoms with Gasteiger partial charge in [0.2, 0.25) is 5.91 Å². The minimum absolute atomic E-state index is 0.205. The van der Waals surface area contributed by atoms with Crippen LogP contribution in [0.15, 0.2) is 84.9 Å². The van der Waals surface area contributed by atoms with E-state index in [0.717, 1.165) is 16.7 Å². The molecule has 0 fully saturated rings. The van der Waals surface area contributed by atoms with E-state index in [2.05, 4.69) is 5.32 Å². The topological polar surface area (TPSA) is 84.9 Å². The summed E-state index contributed by atoms with van der Waals surface area (Å²) in [6.07, 6.45) is 3.11. The maximum absolute atomic E-state index is 12.3. The zero-order valence-corrected chi connectivity index (χ0v) is 17.7. The van der Waals surface area contributed by atoms with E-state index in [1.165, 1.54) is 6.08 Å². The van der Waals surface area contributed by atoms with Gasteiger partial charge in [-0.25, -0.2) is 4.79 Å². The number of rotatable bonds is 10. The lowest BCUT2D eigenvalue weighted by molar-refractivity contribution is -0.141. The Morgan fingerprint density at radius 1 is 0.938 bits per heavy atom. The van der Waals surface area contributed by atoms with Gasteiger partial charge in [-0.1, -0.05) is 66.7 Å². The fourth-order valence-corrected chi connectivity index (χ4v) is 3.08. The van der Waals surface area contributed by atoms with Crippen LogP contribution in [0.5, 0.6) is 11.5 Å². The SMILES string of the molecule is COc1cc(/C=C/C(=O)N[C@H](Cc2ccccc2)C(=O)O)ccc1OCc1ccccc1. The number of benzene rings is 3. The molecule has 32 heavy (non-hydrogen) atoms. The Labute approximate surface area is 187 Å². The third kappa shape index (κ3) is 6.74. The maximum atomic E-state index is 12.3. The van der Waals surface area contributed by atoms with Gasteiger partial charge in [-0.05, 0) is 34.9 Å². The highest BCUT2D eigenvalue weighted by atomic mass is 16.5. The van der Waals surface area contributed by atoms with E-state index in [4.69, 9.17) is 9.47 Å². The quantitative estimate of drug-likeness (QED) is 0.472. The van der Waals surface area contributed by atoms with Gasteiger partial charge in [-0.15, -0.1) is 0 Å². The third-order valence-corrected chi connectivity index (χ3v) is 4.75. The van der Waals surface area contributed by atoms with Gasteiger partial charge in [0.1, 0.15) is 12.6 Å². The fraction of sp³-hybridized carbons (Fsp3) is 0.154. The van der Waals surface area contributed by atoms with E-state index in [-0.39, 0.29) is 6.42 Å². The Kier molecular flexibility index (Phi) is 8.03. The van der Waals surface area contributed by atoms with E-state index >= 15 is 0 Å². The standard InChI is InChI=1S/C26H25NO5/c1-31-24-17-20(12-14-23(24)32-18-21-10-6-3-7-11-21)13-15-25(28)27-22(26(29)30)16-19-8-4-2-5-9-19/h2-15,17,22H,16,18H2,1H3,(H,27,28)(H,29,30)/b15-13+/t22-/m1/s1. The van der Waals surface area contributed by atoms with Gasteiger partial charge in [-0.3, -0.25) is 4.79 Å². The normalized spacial score (nSPS) is 11.7. The number of hydrogen-bond donors (Lipinski definition) is 2. The van der Waals surface area contributed by atoms with Crippen molar-refractivity contribution in [2.24, 2.45) is 0 Å². The van der Waals surface area contributed by atoms with Crippen LogP contribution in [0.2, 0.25) is 0 Å². The Morgan fingerprint density at radius 2 is 1.59 bits per heavy atom. The molecule has 6 nitrogen and oxygen atoms in total. The minimum atomic E-state index is -1.09. The van der Waals surface area contributed by atoms with Crippen LogP contribution in [0.25, 0.3) is 6.08 Å². The van der Waals surface area contributed by atoms with Crippen molar-refractivity contribution >= 4 is 18.0 Å². The molecule has 0 spiro atoms. The first-order valence-corrected chi connectivity index (χ1v) is 10.1. The van der Waals surface area contributed by atoms with Gasteiger partial charge in [0.15, 0.2) is 11.5 Å². The van der Waals surface area contributed by atoms with E-state index < -0.39 is 17.9 Å². The first kappa shape index (κ1) is 22.6. The Bertz CT molecular complexity index is 1060. The predicted octanol–water partition coefficient (Wildman–Crippen LogP) is 4.10. The summed E-state index contributed by atoms with van der Waals surface area (Å²) in [7, 11) is 1.55. The molecule has 0 aromatic heterocycles. The summed E-state index contributed by atoms with van der Waals surface area (Å²) in [6.45, 7) is 0.410. The van der Waals surface area contributed by atoms with Crippen molar-refractivity contribution < 1.29 is 24.2 Å². The molecule has 3 aromatic carbocycles. The zero-order chi connectivity index (χ0) is 22.8. The number of amides is 1. The molecule has 0 aliphatic heterocycles. The third-order valence-electron chi connectivity index (χ3n) is 4.75. The second kappa shape index (κ2) is 11.4. The molecule has 0 heterocycles. The number of carbonyl (C=O) groups is 2. The van der Waals surface area contributed by atoms with E-state index in [9.17, 15) is 14.7 Å². The number of carboxylic acids is 1. The van der Waals surface area contributed by atoms with Crippen molar-refractivity contribution in [3.8, 4) is 11.5 Å². The van der Waals surface area contributed by atoms with Gasteiger partial charge >= 0.3 is 5.97 Å². The molecule has 6 heteroatoms. The van der Waals surface area contributed by atoms with Crippen LogP contribution in [-0.4, -0.2) is 30.1 Å². The lowest BCUT2D eigenvalue weighted by atomic mass is 10.1.